The molecule has 0 atom stereocenters. The van der Waals surface area contributed by atoms with Crippen molar-refractivity contribution in [2.45, 2.75) is 127 Å². The van der Waals surface area contributed by atoms with Gasteiger partial charge >= 0.3 is 49.4 Å². The minimum absolute atomic E-state index is 0. The number of hydrogen-bond acceptors (Lipinski definition) is 0. The summed E-state index contributed by atoms with van der Waals surface area (Å²) < 4.78 is 341. The van der Waals surface area contributed by atoms with Gasteiger partial charge < -0.3 is 0 Å². The molecule has 28 heteroatoms. The molecule has 0 N–H and O–H groups in total. The van der Waals surface area contributed by atoms with E-state index in [9.17, 15) is 105 Å². The van der Waals surface area contributed by atoms with Crippen LogP contribution in [0.15, 0.2) is 72.8 Å². The molecule has 0 aliphatic rings. The van der Waals surface area contributed by atoms with Gasteiger partial charge in [-0.1, -0.05) is 48.5 Å². The van der Waals surface area contributed by atoms with E-state index in [1.54, 1.807) is 12.3 Å². The Morgan fingerprint density at radius 2 is 0.392 bits per heavy atom. The van der Waals surface area contributed by atoms with Gasteiger partial charge in [0.2, 0.25) is 0 Å². The van der Waals surface area contributed by atoms with Gasteiger partial charge in [0, 0.05) is 35.3 Å². The molecule has 0 fully saturated rings. The molecule has 4 rings (SSSR count). The van der Waals surface area contributed by atoms with Crippen molar-refractivity contribution in [2.75, 3.05) is 12.3 Å². The Morgan fingerprint density at radius 1 is 0.270 bits per heavy atom. The fraction of sp³-hybridized carbons (Fsp3) is 0.478. The van der Waals surface area contributed by atoms with Crippen molar-refractivity contribution in [3.8, 4) is 0 Å². The van der Waals surface area contributed by atoms with Crippen molar-refractivity contribution >= 4 is 43.8 Å². The van der Waals surface area contributed by atoms with Gasteiger partial charge in [0.25, 0.3) is 0 Å². The van der Waals surface area contributed by atoms with Crippen LogP contribution in [0.2, 0.25) is 0 Å². The first-order valence-electron chi connectivity index (χ1n) is 21.6. The molecule has 4 aromatic rings. The van der Waals surface area contributed by atoms with E-state index in [1.165, 1.54) is 0 Å². The predicted molar refractivity (Wildman–Crippen MR) is 237 cm³/mol. The second-order valence-electron chi connectivity index (χ2n) is 18.5. The Kier molecular flexibility index (Phi) is 21.1. The van der Waals surface area contributed by atoms with Crippen molar-refractivity contribution in [1.82, 2.24) is 0 Å². The molecule has 0 aromatic heterocycles. The maximum Gasteiger partial charge on any atom is 0.416 e. The van der Waals surface area contributed by atoms with Gasteiger partial charge in [0.05, 0.1) is 79.5 Å². The van der Waals surface area contributed by atoms with Crippen LogP contribution in [0.3, 0.4) is 0 Å². The summed E-state index contributed by atoms with van der Waals surface area (Å²) in [5.41, 5.74) is -26.4. The summed E-state index contributed by atoms with van der Waals surface area (Å²) in [7, 11) is -0.229. The fourth-order valence-electron chi connectivity index (χ4n) is 8.85. The molecule has 0 spiro atoms. The van der Waals surface area contributed by atoms with Crippen LogP contribution in [0.4, 0.5) is 105 Å². The first-order valence-corrected chi connectivity index (χ1v) is 25.3. The molecular weight excluding hydrogens is 1180 g/mol. The number of halogens is 24. The van der Waals surface area contributed by atoms with Crippen LogP contribution in [0.1, 0.15) is 99.9 Å². The van der Waals surface area contributed by atoms with E-state index < -0.39 is 195 Å². The van der Waals surface area contributed by atoms with Gasteiger partial charge in [-0.2, -0.15) is 127 Å². The molecule has 0 bridgehead atoms. The summed E-state index contributed by atoms with van der Waals surface area (Å²) in [4.78, 5) is 0. The molecule has 74 heavy (non-hydrogen) atoms. The van der Waals surface area contributed by atoms with Gasteiger partial charge in [-0.15, -0.1) is 0 Å². The molecule has 0 aliphatic carbocycles. The summed E-state index contributed by atoms with van der Waals surface area (Å²) in [6, 6.07) is -8.81. The van der Waals surface area contributed by atoms with Crippen LogP contribution in [0, 0.1) is 0 Å². The number of benzene rings is 4. The van der Waals surface area contributed by atoms with Crippen LogP contribution in [-0.2, 0) is 68.9 Å². The van der Waals surface area contributed by atoms with Crippen LogP contribution >= 0.6 is 15.8 Å². The zero-order valence-electron chi connectivity index (χ0n) is 39.6. The van der Waals surface area contributed by atoms with Gasteiger partial charge in [-0.05, 0) is 79.7 Å². The molecule has 0 saturated heterocycles. The first kappa shape index (κ1) is 66.9. The molecule has 419 valence electrons. The van der Waals surface area contributed by atoms with Crippen LogP contribution < -0.4 is 21.9 Å². The van der Waals surface area contributed by atoms with Crippen molar-refractivity contribution in [3.63, 3.8) is 0 Å². The minimum atomic E-state index is -6.13. The second kappa shape index (κ2) is 23.4. The monoisotopic (exact) mass is 1230 g/mol. The number of rotatable bonds is 11. The molecular formula is C46H46BF24P2Rh+. The summed E-state index contributed by atoms with van der Waals surface area (Å²) in [6.07, 6.45) is -51.7. The Labute approximate surface area is 424 Å². The third-order valence-corrected chi connectivity index (χ3v) is 20.2. The smallest absolute Gasteiger partial charge is 0.194 e. The maximum absolute atomic E-state index is 14.2. The third kappa shape index (κ3) is 16.6. The average Bonchev–Trinajstić information content (AvgIpc) is 3.19. The SMILES string of the molecule is CC(C)[PH+](CC[PH+](C(C)C)C(C)C)C(C)C.FC(F)(F)c1cc([B-](c2cc(C(F)(F)F)cc(C(F)(F)F)c2)(c2cc(C(F)(F)F)cc(C(F)(F)F)c2)c2cc(C(F)(F)F)cc(C(F)(F)F)c2)cc(C(F)(F)F)c1.[Rh]. The molecule has 4 aromatic carbocycles. The standard InChI is InChI=1S/C32H12BF24.C14H32P2.Rh/c34-25(35,36)13-1-14(26(37,38)39)6-21(5-13)33(22-7-15(27(40,41)42)2-16(8-22)28(43,44)45,23-9-17(29(46,47)48)3-18(10-23)30(49,50)51)24-11-19(31(52,53)54)4-20(12-24)32(55,56)57;1-11(2)15(12(3)4)9-10-16(13(5)6)14(7)8;/h1-12H;11-14H,9-10H2,1-8H3;/q-1;;/p+2. The Morgan fingerprint density at radius 3 is 0.486 bits per heavy atom. The summed E-state index contributed by atoms with van der Waals surface area (Å²) in [6.45, 7) is 19.5. The van der Waals surface area contributed by atoms with E-state index in [0.717, 1.165) is 22.6 Å². The largest absolute Gasteiger partial charge is 0.416 e. The first-order chi connectivity index (χ1) is 32.5. The minimum Gasteiger partial charge on any atom is -0.194 e. The average molecular weight is 1230 g/mol. The van der Waals surface area contributed by atoms with Crippen molar-refractivity contribution < 1.29 is 125 Å². The van der Waals surface area contributed by atoms with Crippen LogP contribution in [-0.4, -0.2) is 41.1 Å². The van der Waals surface area contributed by atoms with Crippen molar-refractivity contribution in [3.05, 3.63) is 117 Å². The Hall–Kier alpha value is -3.25. The zero-order valence-corrected chi connectivity index (χ0v) is 43.3. The molecule has 0 aliphatic heterocycles. The predicted octanol–water partition coefficient (Wildman–Crippen LogP) is 16.3. The summed E-state index contributed by atoms with van der Waals surface area (Å²) in [5, 5.41) is 0. The normalized spacial score (nSPS) is 13.9. The maximum atomic E-state index is 14.2. The number of alkyl halides is 24. The van der Waals surface area contributed by atoms with E-state index in [0.29, 0.717) is 0 Å². The van der Waals surface area contributed by atoms with E-state index in [4.69, 9.17) is 0 Å². The fourth-order valence-corrected chi connectivity index (χ4v) is 16.1. The third-order valence-electron chi connectivity index (χ3n) is 12.1. The topological polar surface area (TPSA) is 0 Å². The molecule has 0 heterocycles. The molecule has 1 radical (unpaired) electrons. The van der Waals surface area contributed by atoms with Crippen LogP contribution in [0.25, 0.3) is 0 Å². The van der Waals surface area contributed by atoms with E-state index in [2.05, 4.69) is 55.4 Å². The van der Waals surface area contributed by atoms with Gasteiger partial charge in [0.15, 0.2) is 0 Å². The second-order valence-corrected chi connectivity index (χ2v) is 26.4. The zero-order chi connectivity index (χ0) is 56.8. The molecule has 0 nitrogen and oxygen atoms in total. The molecule has 0 amide bonds. The molecule has 0 unspecified atom stereocenters. The van der Waals surface area contributed by atoms with Gasteiger partial charge in [-0.25, -0.2) is 0 Å². The van der Waals surface area contributed by atoms with Crippen molar-refractivity contribution in [2.24, 2.45) is 0 Å². The van der Waals surface area contributed by atoms with E-state index >= 15 is 0 Å². The Balaban J connectivity index is 0.000000947. The Bertz CT molecular complexity index is 2040. The number of hydrogen-bond donors (Lipinski definition) is 0. The van der Waals surface area contributed by atoms with Gasteiger partial charge in [-0.3, -0.25) is 0 Å². The van der Waals surface area contributed by atoms with E-state index in [1.807, 2.05) is 0 Å². The van der Waals surface area contributed by atoms with Crippen molar-refractivity contribution in [1.29, 1.82) is 0 Å². The van der Waals surface area contributed by atoms with Crippen LogP contribution in [0.5, 0.6) is 0 Å². The summed E-state index contributed by atoms with van der Waals surface area (Å²) in [5.74, 6) is 0. The quantitative estimate of drug-likeness (QED) is 0.0798. The van der Waals surface area contributed by atoms with E-state index in [-0.39, 0.29) is 35.3 Å². The molecule has 0 saturated carbocycles. The van der Waals surface area contributed by atoms with Gasteiger partial charge in [0.1, 0.15) is 6.15 Å². The summed E-state index contributed by atoms with van der Waals surface area (Å²) >= 11 is 0.